The highest BCUT2D eigenvalue weighted by atomic mass is 19.1. The fourth-order valence-electron chi connectivity index (χ4n) is 7.72. The first-order chi connectivity index (χ1) is 19.3. The first-order valence-corrected chi connectivity index (χ1v) is 13.8. The van der Waals surface area contributed by atoms with E-state index in [1.807, 2.05) is 29.3 Å². The van der Waals surface area contributed by atoms with E-state index < -0.39 is 22.8 Å². The van der Waals surface area contributed by atoms with Gasteiger partial charge >= 0.3 is 0 Å². The van der Waals surface area contributed by atoms with Crippen molar-refractivity contribution in [2.45, 2.75) is 62.7 Å². The second-order valence-corrected chi connectivity index (χ2v) is 12.0. The molecule has 8 rings (SSSR count). The number of aromatic nitrogens is 6. The molecule has 1 spiro atoms. The van der Waals surface area contributed by atoms with Gasteiger partial charge in [-0.1, -0.05) is 19.9 Å². The summed E-state index contributed by atoms with van der Waals surface area (Å²) < 4.78 is 42.7. The van der Waals surface area contributed by atoms with Gasteiger partial charge in [-0.3, -0.25) is 9.67 Å². The zero-order valence-electron chi connectivity index (χ0n) is 22.3. The molecule has 0 unspecified atom stereocenters. The highest BCUT2D eigenvalue weighted by Crippen LogP contribution is 2.69. The van der Waals surface area contributed by atoms with Crippen molar-refractivity contribution >= 4 is 0 Å². The predicted molar refractivity (Wildman–Crippen MR) is 140 cm³/mol. The van der Waals surface area contributed by atoms with Crippen LogP contribution >= 0.6 is 0 Å². The fourth-order valence-corrected chi connectivity index (χ4v) is 7.72. The van der Waals surface area contributed by atoms with E-state index in [0.29, 0.717) is 13.2 Å². The van der Waals surface area contributed by atoms with E-state index in [0.717, 1.165) is 53.9 Å². The van der Waals surface area contributed by atoms with Gasteiger partial charge in [0.15, 0.2) is 5.79 Å². The summed E-state index contributed by atoms with van der Waals surface area (Å²) in [5, 5.41) is 13.6. The molecular weight excluding hydrogens is 514 g/mol. The van der Waals surface area contributed by atoms with Crippen molar-refractivity contribution in [1.82, 2.24) is 29.9 Å². The lowest BCUT2D eigenvalue weighted by atomic mass is 9.66. The summed E-state index contributed by atoms with van der Waals surface area (Å²) in [4.78, 5) is 9.74. The van der Waals surface area contributed by atoms with E-state index in [1.165, 1.54) is 18.2 Å². The minimum Gasteiger partial charge on any atom is -0.347 e. The molecule has 4 aromatic rings. The van der Waals surface area contributed by atoms with Crippen molar-refractivity contribution in [3.63, 3.8) is 0 Å². The van der Waals surface area contributed by atoms with E-state index in [1.54, 1.807) is 6.20 Å². The lowest BCUT2D eigenvalue weighted by Gasteiger charge is -2.42. The van der Waals surface area contributed by atoms with Gasteiger partial charge in [-0.15, -0.1) is 5.10 Å². The number of rotatable bonds is 4. The van der Waals surface area contributed by atoms with Crippen molar-refractivity contribution in [3.05, 3.63) is 77.6 Å². The molecule has 3 aliphatic carbocycles. The number of fused-ring (bicyclic) bond motifs is 5. The molecule has 10 heteroatoms. The molecule has 4 heterocycles. The molecule has 2 saturated carbocycles. The van der Waals surface area contributed by atoms with Crippen molar-refractivity contribution < 1.29 is 18.3 Å². The molecule has 2 atom stereocenters. The van der Waals surface area contributed by atoms with Gasteiger partial charge in [0, 0.05) is 30.8 Å². The number of halogens is 2. The molecule has 1 saturated heterocycles. The van der Waals surface area contributed by atoms with Crippen LogP contribution in [0, 0.1) is 17.0 Å². The summed E-state index contributed by atoms with van der Waals surface area (Å²) in [6.45, 7) is 5.74. The lowest BCUT2D eigenvalue weighted by molar-refractivity contribution is -0.227. The molecule has 8 nitrogen and oxygen atoms in total. The highest BCUT2D eigenvalue weighted by molar-refractivity contribution is 5.64. The quantitative estimate of drug-likeness (QED) is 0.343. The summed E-state index contributed by atoms with van der Waals surface area (Å²) in [7, 11) is 0. The highest BCUT2D eigenvalue weighted by Gasteiger charge is 2.65. The molecule has 1 aromatic carbocycles. The molecule has 40 heavy (non-hydrogen) atoms. The summed E-state index contributed by atoms with van der Waals surface area (Å²) >= 11 is 0. The SMILES string of the molecule is CC1(C)[C@H]2CC[C@@]1(c1cncc(-c3cnn(C4CC5(C4)OCCO5)c3)n1)c1nnc(-c3c(F)cccc3F)cc12. The standard InChI is InChI=1S/C30H28F2N6O2/c1-28(2)20-6-7-30(28,27-19(20)10-23(36-37-27)26-21(31)4-3-5-22(26)32)25-15-33-14-24(35-25)17-13-34-38(16-17)18-11-29(12-18)39-8-9-40-29/h3-5,10,13-16,18,20H,6-9,11-12H2,1-2H3/t20-,30+/m0/s1. The average Bonchev–Trinajstić information content (AvgIpc) is 3.69. The molecule has 2 bridgehead atoms. The maximum Gasteiger partial charge on any atom is 0.172 e. The van der Waals surface area contributed by atoms with Crippen molar-refractivity contribution in [2.24, 2.45) is 5.41 Å². The molecule has 0 radical (unpaired) electrons. The summed E-state index contributed by atoms with van der Waals surface area (Å²) in [6, 6.07) is 5.88. The third-order valence-corrected chi connectivity index (χ3v) is 9.85. The van der Waals surface area contributed by atoms with Crippen LogP contribution in [0.2, 0.25) is 0 Å². The average molecular weight is 543 g/mol. The summed E-state index contributed by atoms with van der Waals surface area (Å²) in [5.41, 5.74) is 3.60. The van der Waals surface area contributed by atoms with Crippen LogP contribution in [0.5, 0.6) is 0 Å². The van der Waals surface area contributed by atoms with Gasteiger partial charge in [-0.05, 0) is 47.9 Å². The topological polar surface area (TPSA) is 87.8 Å². The number of hydrogen-bond donors (Lipinski definition) is 0. The zero-order valence-corrected chi connectivity index (χ0v) is 22.3. The van der Waals surface area contributed by atoms with Crippen LogP contribution in [0.15, 0.2) is 49.1 Å². The third-order valence-electron chi connectivity index (χ3n) is 9.85. The molecule has 4 aliphatic rings. The van der Waals surface area contributed by atoms with E-state index in [4.69, 9.17) is 14.5 Å². The lowest BCUT2D eigenvalue weighted by Crippen LogP contribution is -2.45. The Bertz CT molecular complexity index is 1640. The van der Waals surface area contributed by atoms with E-state index in [-0.39, 0.29) is 28.6 Å². The molecule has 0 N–H and O–H groups in total. The van der Waals surface area contributed by atoms with Crippen LogP contribution in [-0.2, 0) is 14.9 Å². The molecule has 0 amide bonds. The zero-order chi connectivity index (χ0) is 27.3. The van der Waals surface area contributed by atoms with Crippen LogP contribution < -0.4 is 0 Å². The Balaban J connectivity index is 1.16. The minimum atomic E-state index is -0.647. The monoisotopic (exact) mass is 542 g/mol. The largest absolute Gasteiger partial charge is 0.347 e. The molecule has 204 valence electrons. The van der Waals surface area contributed by atoms with Gasteiger partial charge < -0.3 is 9.47 Å². The maximum absolute atomic E-state index is 14.6. The predicted octanol–water partition coefficient (Wildman–Crippen LogP) is 5.36. The Morgan fingerprint density at radius 2 is 1.75 bits per heavy atom. The Morgan fingerprint density at radius 3 is 2.52 bits per heavy atom. The second kappa shape index (κ2) is 8.20. The van der Waals surface area contributed by atoms with Crippen LogP contribution in [0.4, 0.5) is 8.78 Å². The first-order valence-electron chi connectivity index (χ1n) is 13.8. The Hall–Kier alpha value is -3.63. The fraction of sp³-hybridized carbons (Fsp3) is 0.433. The normalized spacial score (nSPS) is 27.2. The Kier molecular flexibility index (Phi) is 4.96. The van der Waals surface area contributed by atoms with E-state index >= 15 is 0 Å². The second-order valence-electron chi connectivity index (χ2n) is 12.0. The summed E-state index contributed by atoms with van der Waals surface area (Å²) in [6.07, 6.45) is 10.8. The first kappa shape index (κ1) is 24.2. The van der Waals surface area contributed by atoms with Crippen LogP contribution in [0.1, 0.15) is 68.4 Å². The Labute approximate surface area is 229 Å². The van der Waals surface area contributed by atoms with Gasteiger partial charge in [0.1, 0.15) is 11.6 Å². The summed E-state index contributed by atoms with van der Waals surface area (Å²) in [5.74, 6) is -1.57. The molecular formula is C30H28F2N6O2. The molecule has 1 aliphatic heterocycles. The van der Waals surface area contributed by atoms with Gasteiger partial charge in [-0.2, -0.15) is 10.2 Å². The molecule has 3 aromatic heterocycles. The van der Waals surface area contributed by atoms with Gasteiger partial charge in [0.25, 0.3) is 0 Å². The van der Waals surface area contributed by atoms with Crippen LogP contribution in [0.25, 0.3) is 22.5 Å². The number of hydrogen-bond acceptors (Lipinski definition) is 7. The van der Waals surface area contributed by atoms with E-state index in [9.17, 15) is 8.78 Å². The number of nitrogens with zero attached hydrogens (tertiary/aromatic N) is 6. The third kappa shape index (κ3) is 3.14. The maximum atomic E-state index is 14.6. The van der Waals surface area contributed by atoms with Gasteiger partial charge in [-0.25, -0.2) is 13.8 Å². The van der Waals surface area contributed by atoms with Crippen LogP contribution in [-0.4, -0.2) is 48.9 Å². The smallest absolute Gasteiger partial charge is 0.172 e. The van der Waals surface area contributed by atoms with Crippen molar-refractivity contribution in [2.75, 3.05) is 13.2 Å². The van der Waals surface area contributed by atoms with Crippen molar-refractivity contribution in [3.8, 4) is 22.5 Å². The van der Waals surface area contributed by atoms with Gasteiger partial charge in [0.05, 0.1) is 65.4 Å². The van der Waals surface area contributed by atoms with Crippen LogP contribution in [0.3, 0.4) is 0 Å². The van der Waals surface area contributed by atoms with Crippen molar-refractivity contribution in [1.29, 1.82) is 0 Å². The Morgan fingerprint density at radius 1 is 0.975 bits per heavy atom. The molecule has 3 fully saturated rings. The number of ether oxygens (including phenoxy) is 2. The van der Waals surface area contributed by atoms with Gasteiger partial charge in [0.2, 0.25) is 0 Å². The van der Waals surface area contributed by atoms with E-state index in [2.05, 4.69) is 34.1 Å². The number of benzene rings is 1. The minimum absolute atomic E-state index is 0.144.